The molecule has 1 amide bonds. The lowest BCUT2D eigenvalue weighted by molar-refractivity contribution is 0.0950. The number of ether oxygens (including phenoxy) is 3. The number of aryl methyl sites for hydroxylation is 2. The molecule has 3 rings (SSSR count). The molecule has 0 aliphatic heterocycles. The third-order valence-corrected chi connectivity index (χ3v) is 4.81. The summed E-state index contributed by atoms with van der Waals surface area (Å²) >= 11 is 0. The Balaban J connectivity index is 1.92. The van der Waals surface area contributed by atoms with Crippen molar-refractivity contribution in [2.45, 2.75) is 20.4 Å². The summed E-state index contributed by atoms with van der Waals surface area (Å²) in [6.07, 6.45) is 0. The van der Waals surface area contributed by atoms with Crippen LogP contribution in [0.2, 0.25) is 0 Å². The first kappa shape index (κ1) is 20.3. The lowest BCUT2D eigenvalue weighted by Crippen LogP contribution is -2.23. The Morgan fingerprint density at radius 3 is 2.14 bits per heavy atom. The summed E-state index contributed by atoms with van der Waals surface area (Å²) in [5.74, 6) is 0.835. The predicted octanol–water partition coefficient (Wildman–Crippen LogP) is 3.37. The lowest BCUT2D eigenvalue weighted by atomic mass is 10.0. The van der Waals surface area contributed by atoms with Gasteiger partial charge in [-0.25, -0.2) is 4.79 Å². The normalized spacial score (nSPS) is 10.7. The van der Waals surface area contributed by atoms with Gasteiger partial charge in [0.2, 0.25) is 5.75 Å². The molecule has 1 aromatic heterocycles. The van der Waals surface area contributed by atoms with Gasteiger partial charge in [0, 0.05) is 23.6 Å². The van der Waals surface area contributed by atoms with E-state index in [1.807, 2.05) is 26.0 Å². The molecule has 29 heavy (non-hydrogen) atoms. The summed E-state index contributed by atoms with van der Waals surface area (Å²) in [4.78, 5) is 24.7. The zero-order valence-electron chi connectivity index (χ0n) is 17.0. The standard InChI is InChI=1S/C22H23NO6/c1-12-6-16-15(10-20(24)29-17(16)7-13(12)2)11-23-22(25)14-8-18(26-3)21(28-5)19(9-14)27-4/h6-10H,11H2,1-5H3,(H,23,25). The molecule has 0 fully saturated rings. The predicted molar refractivity (Wildman–Crippen MR) is 109 cm³/mol. The summed E-state index contributed by atoms with van der Waals surface area (Å²) in [6.45, 7) is 4.10. The van der Waals surface area contributed by atoms with Crippen LogP contribution in [0.15, 0.2) is 39.5 Å². The number of carbonyl (C=O) groups is 1. The number of rotatable bonds is 6. The highest BCUT2D eigenvalue weighted by atomic mass is 16.5. The quantitative estimate of drug-likeness (QED) is 0.642. The van der Waals surface area contributed by atoms with E-state index in [0.29, 0.717) is 34.0 Å². The minimum atomic E-state index is -0.460. The van der Waals surface area contributed by atoms with Crippen LogP contribution in [0.4, 0.5) is 0 Å². The van der Waals surface area contributed by atoms with E-state index < -0.39 is 5.63 Å². The van der Waals surface area contributed by atoms with E-state index in [1.165, 1.54) is 27.4 Å². The highest BCUT2D eigenvalue weighted by Crippen LogP contribution is 2.38. The van der Waals surface area contributed by atoms with E-state index in [1.54, 1.807) is 12.1 Å². The first-order valence-electron chi connectivity index (χ1n) is 9.00. The largest absolute Gasteiger partial charge is 0.493 e. The maximum absolute atomic E-state index is 12.7. The third kappa shape index (κ3) is 4.03. The summed E-state index contributed by atoms with van der Waals surface area (Å²) in [5.41, 5.74) is 3.16. The molecular weight excluding hydrogens is 374 g/mol. The maximum Gasteiger partial charge on any atom is 0.336 e. The molecule has 3 aromatic rings. The Labute approximate surface area is 168 Å². The van der Waals surface area contributed by atoms with Crippen molar-refractivity contribution in [2.75, 3.05) is 21.3 Å². The van der Waals surface area contributed by atoms with Crippen molar-refractivity contribution < 1.29 is 23.4 Å². The van der Waals surface area contributed by atoms with Crippen LogP contribution >= 0.6 is 0 Å². The van der Waals surface area contributed by atoms with Crippen LogP contribution in [0, 0.1) is 13.8 Å². The molecule has 0 atom stereocenters. The smallest absolute Gasteiger partial charge is 0.336 e. The summed E-state index contributed by atoms with van der Waals surface area (Å²) < 4.78 is 21.2. The van der Waals surface area contributed by atoms with Gasteiger partial charge >= 0.3 is 5.63 Å². The first-order chi connectivity index (χ1) is 13.9. The summed E-state index contributed by atoms with van der Waals surface area (Å²) in [5, 5.41) is 3.63. The van der Waals surface area contributed by atoms with Gasteiger partial charge in [-0.1, -0.05) is 0 Å². The molecule has 0 saturated heterocycles. The topological polar surface area (TPSA) is 87.0 Å². The number of benzene rings is 2. The SMILES string of the molecule is COc1cc(C(=O)NCc2cc(=O)oc3cc(C)c(C)cc23)cc(OC)c1OC. The third-order valence-electron chi connectivity index (χ3n) is 4.81. The van der Waals surface area contributed by atoms with Crippen molar-refractivity contribution in [3.63, 3.8) is 0 Å². The fourth-order valence-electron chi connectivity index (χ4n) is 3.12. The summed E-state index contributed by atoms with van der Waals surface area (Å²) in [7, 11) is 4.47. The average molecular weight is 397 g/mol. The molecule has 1 N–H and O–H groups in total. The first-order valence-corrected chi connectivity index (χ1v) is 9.00. The number of nitrogens with one attached hydrogen (secondary N) is 1. The second-order valence-corrected chi connectivity index (χ2v) is 6.62. The highest BCUT2D eigenvalue weighted by molar-refractivity contribution is 5.96. The van der Waals surface area contributed by atoms with Gasteiger partial charge in [-0.2, -0.15) is 0 Å². The molecule has 152 valence electrons. The molecule has 0 unspecified atom stereocenters. The Kier molecular flexibility index (Phi) is 5.77. The van der Waals surface area contributed by atoms with Crippen LogP contribution in [0.5, 0.6) is 17.2 Å². The molecule has 7 nitrogen and oxygen atoms in total. The van der Waals surface area contributed by atoms with E-state index in [-0.39, 0.29) is 12.5 Å². The van der Waals surface area contributed by atoms with Crippen molar-refractivity contribution in [1.29, 1.82) is 0 Å². The molecule has 7 heteroatoms. The van der Waals surface area contributed by atoms with Crippen molar-refractivity contribution in [2.24, 2.45) is 0 Å². The van der Waals surface area contributed by atoms with Gasteiger partial charge in [-0.3, -0.25) is 4.79 Å². The molecule has 0 radical (unpaired) electrons. The van der Waals surface area contributed by atoms with Crippen LogP contribution in [0.1, 0.15) is 27.0 Å². The second-order valence-electron chi connectivity index (χ2n) is 6.62. The maximum atomic E-state index is 12.7. The number of methoxy groups -OCH3 is 3. The molecule has 0 aliphatic rings. The van der Waals surface area contributed by atoms with Gasteiger partial charge in [0.1, 0.15) is 5.58 Å². The minimum absolute atomic E-state index is 0.167. The number of hydrogen-bond acceptors (Lipinski definition) is 6. The molecule has 0 aliphatic carbocycles. The number of hydrogen-bond donors (Lipinski definition) is 1. The minimum Gasteiger partial charge on any atom is -0.493 e. The Hall–Kier alpha value is -3.48. The molecule has 1 heterocycles. The van der Waals surface area contributed by atoms with E-state index in [9.17, 15) is 9.59 Å². The second kappa shape index (κ2) is 8.26. The van der Waals surface area contributed by atoms with E-state index >= 15 is 0 Å². The van der Waals surface area contributed by atoms with Gasteiger partial charge in [-0.05, 0) is 54.8 Å². The Morgan fingerprint density at radius 2 is 1.55 bits per heavy atom. The van der Waals surface area contributed by atoms with Crippen molar-refractivity contribution in [3.8, 4) is 17.2 Å². The Morgan fingerprint density at radius 1 is 0.931 bits per heavy atom. The van der Waals surface area contributed by atoms with E-state index in [4.69, 9.17) is 18.6 Å². The van der Waals surface area contributed by atoms with Crippen molar-refractivity contribution in [3.05, 3.63) is 63.0 Å². The van der Waals surface area contributed by atoms with Crippen molar-refractivity contribution >= 4 is 16.9 Å². The van der Waals surface area contributed by atoms with Crippen molar-refractivity contribution in [1.82, 2.24) is 5.32 Å². The molecule has 0 saturated carbocycles. The number of amides is 1. The number of fused-ring (bicyclic) bond motifs is 1. The molecular formula is C22H23NO6. The monoisotopic (exact) mass is 397 g/mol. The molecule has 0 bridgehead atoms. The highest BCUT2D eigenvalue weighted by Gasteiger charge is 2.17. The van der Waals surface area contributed by atoms with Gasteiger partial charge in [0.15, 0.2) is 11.5 Å². The lowest BCUT2D eigenvalue weighted by Gasteiger charge is -2.14. The fraction of sp³-hybridized carbons (Fsp3) is 0.273. The van der Waals surface area contributed by atoms with E-state index in [2.05, 4.69) is 5.32 Å². The van der Waals surface area contributed by atoms with Gasteiger partial charge in [0.25, 0.3) is 5.91 Å². The molecule has 2 aromatic carbocycles. The number of carbonyl (C=O) groups excluding carboxylic acids is 1. The van der Waals surface area contributed by atoms with Gasteiger partial charge < -0.3 is 23.9 Å². The van der Waals surface area contributed by atoms with Gasteiger partial charge in [0.05, 0.1) is 21.3 Å². The summed E-state index contributed by atoms with van der Waals surface area (Å²) in [6, 6.07) is 8.32. The average Bonchev–Trinajstić information content (AvgIpc) is 2.71. The van der Waals surface area contributed by atoms with Crippen LogP contribution in [0.25, 0.3) is 11.0 Å². The van der Waals surface area contributed by atoms with E-state index in [0.717, 1.165) is 16.5 Å². The zero-order chi connectivity index (χ0) is 21.1. The molecule has 0 spiro atoms. The van der Waals surface area contributed by atoms with Crippen LogP contribution < -0.4 is 25.2 Å². The fourth-order valence-corrected chi connectivity index (χ4v) is 3.12. The zero-order valence-corrected chi connectivity index (χ0v) is 17.0. The Bertz CT molecular complexity index is 1110. The van der Waals surface area contributed by atoms with Gasteiger partial charge in [-0.15, -0.1) is 0 Å². The van der Waals surface area contributed by atoms with Crippen LogP contribution in [0.3, 0.4) is 0 Å². The van der Waals surface area contributed by atoms with Crippen LogP contribution in [-0.4, -0.2) is 27.2 Å². The van der Waals surface area contributed by atoms with Crippen LogP contribution in [-0.2, 0) is 6.54 Å².